The van der Waals surface area contributed by atoms with Crippen molar-refractivity contribution in [2.24, 2.45) is 0 Å². The molecule has 1 aliphatic rings. The van der Waals surface area contributed by atoms with Gasteiger partial charge in [-0.3, -0.25) is 4.79 Å². The number of nitrogens with zero attached hydrogens (tertiary/aromatic N) is 1. The van der Waals surface area contributed by atoms with Crippen LogP contribution < -0.4 is 0 Å². The first-order valence-electron chi connectivity index (χ1n) is 8.68. The molecule has 0 aliphatic carbocycles. The molecule has 0 N–H and O–H groups in total. The van der Waals surface area contributed by atoms with E-state index in [1.165, 1.54) is 23.8 Å². The van der Waals surface area contributed by atoms with Gasteiger partial charge in [0.25, 0.3) is 0 Å². The third-order valence-corrected chi connectivity index (χ3v) is 4.87. The molecule has 2 aromatic carbocycles. The molecule has 0 atom stereocenters. The molecule has 1 saturated heterocycles. The zero-order chi connectivity index (χ0) is 17.6. The zero-order valence-corrected chi connectivity index (χ0v) is 14.5. The van der Waals surface area contributed by atoms with Crippen molar-refractivity contribution in [3.05, 3.63) is 71.3 Å². The summed E-state index contributed by atoms with van der Waals surface area (Å²) < 4.78 is 4.53. The number of amides is 1. The smallest absolute Gasteiger partial charge is 0.396 e. The van der Waals surface area contributed by atoms with Gasteiger partial charge >= 0.3 is 11.9 Å². The summed E-state index contributed by atoms with van der Waals surface area (Å²) in [5.41, 5.74) is 4.00. The quantitative estimate of drug-likeness (QED) is 0.638. The van der Waals surface area contributed by atoms with Crippen LogP contribution >= 0.6 is 0 Å². The van der Waals surface area contributed by atoms with Crippen molar-refractivity contribution < 1.29 is 14.3 Å². The number of esters is 1. The van der Waals surface area contributed by atoms with Crippen molar-refractivity contribution in [2.75, 3.05) is 20.2 Å². The summed E-state index contributed by atoms with van der Waals surface area (Å²) in [6, 6.07) is 19.0. The molecule has 25 heavy (non-hydrogen) atoms. The van der Waals surface area contributed by atoms with Gasteiger partial charge in [0.15, 0.2) is 0 Å². The van der Waals surface area contributed by atoms with Crippen LogP contribution in [0.3, 0.4) is 0 Å². The second-order valence-electron chi connectivity index (χ2n) is 6.42. The highest BCUT2D eigenvalue weighted by atomic mass is 16.5. The van der Waals surface area contributed by atoms with Gasteiger partial charge in [0.05, 0.1) is 7.11 Å². The summed E-state index contributed by atoms with van der Waals surface area (Å²) in [6.07, 6.45) is 2.65. The predicted octanol–water partition coefficient (Wildman–Crippen LogP) is 3.16. The molecule has 0 unspecified atom stereocenters. The number of methoxy groups -OCH3 is 1. The number of carbonyl (C=O) groups is 2. The molecule has 130 valence electrons. The second kappa shape index (κ2) is 7.97. The Morgan fingerprint density at radius 1 is 1.00 bits per heavy atom. The SMILES string of the molecule is COC(=O)C(=O)N1CCC(c2ccccc2Cc2ccccc2)CC1. The number of ether oxygens (including phenoxy) is 1. The van der Waals surface area contributed by atoms with E-state index < -0.39 is 11.9 Å². The number of piperidine rings is 1. The zero-order valence-electron chi connectivity index (χ0n) is 14.5. The number of hydrogen-bond donors (Lipinski definition) is 0. The third-order valence-electron chi connectivity index (χ3n) is 4.87. The van der Waals surface area contributed by atoms with Crippen LogP contribution in [0, 0.1) is 0 Å². The van der Waals surface area contributed by atoms with Gasteiger partial charge in [-0.2, -0.15) is 0 Å². The van der Waals surface area contributed by atoms with Crippen LogP contribution in [0.2, 0.25) is 0 Å². The fourth-order valence-corrected chi connectivity index (χ4v) is 3.52. The van der Waals surface area contributed by atoms with E-state index >= 15 is 0 Å². The van der Waals surface area contributed by atoms with Gasteiger partial charge in [0.1, 0.15) is 0 Å². The van der Waals surface area contributed by atoms with Crippen molar-refractivity contribution in [1.29, 1.82) is 0 Å². The Bertz CT molecular complexity index is 734. The van der Waals surface area contributed by atoms with Crippen LogP contribution in [-0.2, 0) is 20.7 Å². The lowest BCUT2D eigenvalue weighted by atomic mass is 9.85. The van der Waals surface area contributed by atoms with Crippen molar-refractivity contribution in [1.82, 2.24) is 4.90 Å². The van der Waals surface area contributed by atoms with Gasteiger partial charge in [-0.05, 0) is 41.9 Å². The van der Waals surface area contributed by atoms with E-state index in [-0.39, 0.29) is 0 Å². The maximum Gasteiger partial charge on any atom is 0.396 e. The Balaban J connectivity index is 1.70. The second-order valence-corrected chi connectivity index (χ2v) is 6.42. The summed E-state index contributed by atoms with van der Waals surface area (Å²) in [7, 11) is 1.24. The number of benzene rings is 2. The van der Waals surface area contributed by atoms with Crippen molar-refractivity contribution in [2.45, 2.75) is 25.2 Å². The lowest BCUT2D eigenvalue weighted by Crippen LogP contribution is -2.42. The van der Waals surface area contributed by atoms with Gasteiger partial charge in [0.2, 0.25) is 0 Å². The van der Waals surface area contributed by atoms with E-state index in [0.717, 1.165) is 19.3 Å². The van der Waals surface area contributed by atoms with E-state index in [2.05, 4.69) is 53.3 Å². The minimum Gasteiger partial charge on any atom is -0.462 e. The highest BCUT2D eigenvalue weighted by Gasteiger charge is 2.28. The summed E-state index contributed by atoms with van der Waals surface area (Å²) in [5.74, 6) is -0.886. The van der Waals surface area contributed by atoms with Crippen LogP contribution in [0.1, 0.15) is 35.4 Å². The number of rotatable bonds is 3. The largest absolute Gasteiger partial charge is 0.462 e. The molecule has 0 spiro atoms. The fraction of sp³-hybridized carbons (Fsp3) is 0.333. The number of likely N-dealkylation sites (tertiary alicyclic amines) is 1. The average Bonchev–Trinajstić information content (AvgIpc) is 2.68. The molecule has 1 fully saturated rings. The Morgan fingerprint density at radius 3 is 2.32 bits per heavy atom. The van der Waals surface area contributed by atoms with Gasteiger partial charge in [-0.1, -0.05) is 54.6 Å². The van der Waals surface area contributed by atoms with E-state index in [1.807, 2.05) is 6.07 Å². The van der Waals surface area contributed by atoms with E-state index in [1.54, 1.807) is 4.90 Å². The molecule has 1 heterocycles. The fourth-order valence-electron chi connectivity index (χ4n) is 3.52. The van der Waals surface area contributed by atoms with Gasteiger partial charge < -0.3 is 9.64 Å². The number of hydrogen-bond acceptors (Lipinski definition) is 3. The van der Waals surface area contributed by atoms with Crippen molar-refractivity contribution >= 4 is 11.9 Å². The molecule has 4 heteroatoms. The van der Waals surface area contributed by atoms with Gasteiger partial charge in [-0.15, -0.1) is 0 Å². The first-order chi connectivity index (χ1) is 12.2. The summed E-state index contributed by atoms with van der Waals surface area (Å²) >= 11 is 0. The monoisotopic (exact) mass is 337 g/mol. The van der Waals surface area contributed by atoms with Crippen molar-refractivity contribution in [3.8, 4) is 0 Å². The average molecular weight is 337 g/mol. The normalized spacial score (nSPS) is 15.0. The Kier molecular flexibility index (Phi) is 5.49. The maximum atomic E-state index is 11.9. The van der Waals surface area contributed by atoms with Crippen LogP contribution in [-0.4, -0.2) is 37.0 Å². The van der Waals surface area contributed by atoms with E-state index in [0.29, 0.717) is 19.0 Å². The van der Waals surface area contributed by atoms with Gasteiger partial charge in [0, 0.05) is 13.1 Å². The van der Waals surface area contributed by atoms with E-state index in [4.69, 9.17) is 0 Å². The third kappa shape index (κ3) is 4.08. The molecule has 2 aromatic rings. The minimum atomic E-state index is -0.775. The molecule has 0 aromatic heterocycles. The predicted molar refractivity (Wildman–Crippen MR) is 96.3 cm³/mol. The van der Waals surface area contributed by atoms with Crippen LogP contribution in [0.5, 0.6) is 0 Å². The van der Waals surface area contributed by atoms with Crippen LogP contribution in [0.25, 0.3) is 0 Å². The summed E-state index contributed by atoms with van der Waals surface area (Å²) in [4.78, 5) is 24.9. The standard InChI is InChI=1S/C21H23NO3/c1-25-21(24)20(23)22-13-11-17(12-14-22)19-10-6-5-9-18(19)15-16-7-3-2-4-8-16/h2-10,17H,11-15H2,1H3. The van der Waals surface area contributed by atoms with E-state index in [9.17, 15) is 9.59 Å². The molecular weight excluding hydrogens is 314 g/mol. The topological polar surface area (TPSA) is 46.6 Å². The summed E-state index contributed by atoms with van der Waals surface area (Å²) in [5, 5.41) is 0. The first kappa shape index (κ1) is 17.2. The minimum absolute atomic E-state index is 0.418. The highest BCUT2D eigenvalue weighted by molar-refractivity contribution is 6.32. The lowest BCUT2D eigenvalue weighted by molar-refractivity contribution is -0.158. The first-order valence-corrected chi connectivity index (χ1v) is 8.68. The number of carbonyl (C=O) groups excluding carboxylic acids is 2. The van der Waals surface area contributed by atoms with Gasteiger partial charge in [-0.25, -0.2) is 4.79 Å². The Labute approximate surface area is 148 Å². The summed E-state index contributed by atoms with van der Waals surface area (Å²) in [6.45, 7) is 1.19. The van der Waals surface area contributed by atoms with Crippen molar-refractivity contribution in [3.63, 3.8) is 0 Å². The van der Waals surface area contributed by atoms with Crippen LogP contribution in [0.15, 0.2) is 54.6 Å². The Hall–Kier alpha value is -2.62. The molecule has 4 nitrogen and oxygen atoms in total. The molecule has 0 radical (unpaired) electrons. The molecule has 3 rings (SSSR count). The highest BCUT2D eigenvalue weighted by Crippen LogP contribution is 2.31. The Morgan fingerprint density at radius 2 is 1.64 bits per heavy atom. The van der Waals surface area contributed by atoms with Crippen LogP contribution in [0.4, 0.5) is 0 Å². The molecule has 0 bridgehead atoms. The molecular formula is C21H23NO3. The lowest BCUT2D eigenvalue weighted by Gasteiger charge is -2.32. The molecule has 1 aliphatic heterocycles. The molecule has 0 saturated carbocycles. The maximum absolute atomic E-state index is 11.9. The molecule has 1 amide bonds.